The van der Waals surface area contributed by atoms with Gasteiger partial charge < -0.3 is 10.4 Å². The maximum absolute atomic E-state index is 11.3. The zero-order valence-corrected chi connectivity index (χ0v) is 12.4. The van der Waals surface area contributed by atoms with Crippen LogP contribution in [0.5, 0.6) is 0 Å². The molecule has 1 aromatic heterocycles. The van der Waals surface area contributed by atoms with Gasteiger partial charge in [-0.05, 0) is 43.9 Å². The molecule has 2 rings (SSSR count). The van der Waals surface area contributed by atoms with Crippen molar-refractivity contribution in [2.45, 2.75) is 20.3 Å². The molecular weight excluding hydrogens is 276 g/mol. The zero-order valence-electron chi connectivity index (χ0n) is 11.7. The van der Waals surface area contributed by atoms with Crippen molar-refractivity contribution in [2.75, 3.05) is 13.1 Å². The number of aromatic nitrogens is 1. The molecule has 1 aromatic rings. The minimum absolute atomic E-state index is 0.126. The Hall–Kier alpha value is -1.39. The molecule has 4 nitrogen and oxygen atoms in total. The Bertz CT molecular complexity index is 540. The smallest absolute Gasteiger partial charge is 0.309 e. The Balaban J connectivity index is 2.26. The minimum atomic E-state index is -0.776. The van der Waals surface area contributed by atoms with Crippen LogP contribution in [-0.4, -0.2) is 29.1 Å². The first-order chi connectivity index (χ1) is 9.40. The first-order valence-corrected chi connectivity index (χ1v) is 7.05. The average molecular weight is 295 g/mol. The van der Waals surface area contributed by atoms with Gasteiger partial charge in [-0.25, -0.2) is 4.98 Å². The highest BCUT2D eigenvalue weighted by Crippen LogP contribution is 2.34. The summed E-state index contributed by atoms with van der Waals surface area (Å²) < 4.78 is 0. The van der Waals surface area contributed by atoms with Crippen molar-refractivity contribution in [3.63, 3.8) is 0 Å². The first-order valence-electron chi connectivity index (χ1n) is 6.67. The predicted octanol–water partition coefficient (Wildman–Crippen LogP) is 2.84. The van der Waals surface area contributed by atoms with Gasteiger partial charge in [0.25, 0.3) is 0 Å². The van der Waals surface area contributed by atoms with Crippen LogP contribution in [-0.2, 0) is 4.79 Å². The third-order valence-electron chi connectivity index (χ3n) is 3.64. The fraction of sp³-hybridized carbons (Fsp3) is 0.467. The molecule has 0 aliphatic carbocycles. The topological polar surface area (TPSA) is 62.2 Å². The summed E-state index contributed by atoms with van der Waals surface area (Å²) in [6, 6.07) is 5.53. The van der Waals surface area contributed by atoms with Crippen LogP contribution in [0.2, 0.25) is 5.15 Å². The summed E-state index contributed by atoms with van der Waals surface area (Å²) in [5, 5.41) is 13.0. The molecule has 20 heavy (non-hydrogen) atoms. The van der Waals surface area contributed by atoms with Gasteiger partial charge in [-0.2, -0.15) is 0 Å². The summed E-state index contributed by atoms with van der Waals surface area (Å²) in [5.41, 5.74) is 1.16. The maximum Gasteiger partial charge on any atom is 0.309 e. The van der Waals surface area contributed by atoms with E-state index in [2.05, 4.69) is 16.4 Å². The number of nitrogens with one attached hydrogen (secondary N) is 1. The largest absolute Gasteiger partial charge is 0.481 e. The van der Waals surface area contributed by atoms with Gasteiger partial charge in [-0.3, -0.25) is 4.79 Å². The SMILES string of the molecule is CC(C)(C[C@H]1CNCC=C1c1cccc(Cl)n1)C(=O)O. The van der Waals surface area contributed by atoms with E-state index < -0.39 is 11.4 Å². The second-order valence-electron chi connectivity index (χ2n) is 5.75. The van der Waals surface area contributed by atoms with Crippen molar-refractivity contribution in [3.8, 4) is 0 Å². The second-order valence-corrected chi connectivity index (χ2v) is 6.14. The van der Waals surface area contributed by atoms with E-state index in [0.29, 0.717) is 11.6 Å². The van der Waals surface area contributed by atoms with E-state index in [1.807, 2.05) is 12.1 Å². The van der Waals surface area contributed by atoms with Gasteiger partial charge in [-0.1, -0.05) is 23.7 Å². The van der Waals surface area contributed by atoms with Crippen LogP contribution in [0.4, 0.5) is 0 Å². The van der Waals surface area contributed by atoms with E-state index in [0.717, 1.165) is 24.4 Å². The van der Waals surface area contributed by atoms with Crippen molar-refractivity contribution >= 4 is 23.1 Å². The number of carboxylic acids is 1. The summed E-state index contributed by atoms with van der Waals surface area (Å²) in [5.74, 6) is -0.651. The van der Waals surface area contributed by atoms with E-state index in [1.165, 1.54) is 0 Å². The number of carboxylic acid groups (broad SMARTS) is 1. The van der Waals surface area contributed by atoms with Crippen LogP contribution >= 0.6 is 11.6 Å². The standard InChI is InChI=1S/C15H19ClN2O2/c1-15(2,14(19)20)8-10-9-17-7-6-11(10)12-4-3-5-13(16)18-12/h3-6,10,17H,7-9H2,1-2H3,(H,19,20)/t10-/m0/s1. The number of aliphatic carboxylic acids is 1. The van der Waals surface area contributed by atoms with Gasteiger partial charge in [0.1, 0.15) is 5.15 Å². The number of rotatable bonds is 4. The third-order valence-corrected chi connectivity index (χ3v) is 3.85. The molecule has 0 amide bonds. The summed E-state index contributed by atoms with van der Waals surface area (Å²) in [7, 11) is 0. The maximum atomic E-state index is 11.3. The summed E-state index contributed by atoms with van der Waals surface area (Å²) in [4.78, 5) is 15.7. The van der Waals surface area contributed by atoms with Gasteiger partial charge in [0.2, 0.25) is 0 Å². The zero-order chi connectivity index (χ0) is 14.8. The molecule has 0 aromatic carbocycles. The monoisotopic (exact) mass is 294 g/mol. The molecule has 1 aliphatic rings. The normalized spacial score (nSPS) is 19.6. The molecule has 2 N–H and O–H groups in total. The lowest BCUT2D eigenvalue weighted by molar-refractivity contribution is -0.147. The van der Waals surface area contributed by atoms with Crippen molar-refractivity contribution in [1.29, 1.82) is 0 Å². The highest BCUT2D eigenvalue weighted by Gasteiger charge is 2.33. The number of hydrogen-bond donors (Lipinski definition) is 2. The third kappa shape index (κ3) is 3.38. The number of carbonyl (C=O) groups is 1. The van der Waals surface area contributed by atoms with Gasteiger partial charge in [-0.15, -0.1) is 0 Å². The highest BCUT2D eigenvalue weighted by atomic mass is 35.5. The summed E-state index contributed by atoms with van der Waals surface area (Å²) in [6.07, 6.45) is 2.64. The van der Waals surface area contributed by atoms with Gasteiger partial charge in [0.05, 0.1) is 11.1 Å². The fourth-order valence-corrected chi connectivity index (χ4v) is 2.65. The Labute approximate surface area is 123 Å². The van der Waals surface area contributed by atoms with Crippen LogP contribution in [0, 0.1) is 11.3 Å². The van der Waals surface area contributed by atoms with Crippen LogP contribution < -0.4 is 5.32 Å². The molecule has 5 heteroatoms. The van der Waals surface area contributed by atoms with Crippen molar-refractivity contribution in [1.82, 2.24) is 10.3 Å². The molecular formula is C15H19ClN2O2. The highest BCUT2D eigenvalue weighted by molar-refractivity contribution is 6.29. The number of hydrogen-bond acceptors (Lipinski definition) is 3. The van der Waals surface area contributed by atoms with Crippen molar-refractivity contribution in [3.05, 3.63) is 35.1 Å². The van der Waals surface area contributed by atoms with Crippen LogP contribution in [0.15, 0.2) is 24.3 Å². The molecule has 0 radical (unpaired) electrons. The van der Waals surface area contributed by atoms with Crippen LogP contribution in [0.3, 0.4) is 0 Å². The Morgan fingerprint density at radius 3 is 2.95 bits per heavy atom. The quantitative estimate of drug-likeness (QED) is 0.838. The molecule has 0 saturated heterocycles. The lowest BCUT2D eigenvalue weighted by Gasteiger charge is -2.30. The van der Waals surface area contributed by atoms with Crippen LogP contribution in [0.25, 0.3) is 5.57 Å². The molecule has 0 bridgehead atoms. The average Bonchev–Trinajstić information content (AvgIpc) is 2.38. The number of pyridine rings is 1. The van der Waals surface area contributed by atoms with E-state index in [9.17, 15) is 9.90 Å². The Kier molecular flexibility index (Phi) is 4.45. The summed E-state index contributed by atoms with van der Waals surface area (Å²) >= 11 is 5.95. The number of halogens is 1. The molecule has 2 heterocycles. The number of nitrogens with zero attached hydrogens (tertiary/aromatic N) is 1. The van der Waals surface area contributed by atoms with Gasteiger partial charge in [0, 0.05) is 13.1 Å². The Morgan fingerprint density at radius 1 is 1.55 bits per heavy atom. The molecule has 1 atom stereocenters. The lowest BCUT2D eigenvalue weighted by Crippen LogP contribution is -2.35. The molecule has 108 valence electrons. The second kappa shape index (κ2) is 5.94. The van der Waals surface area contributed by atoms with E-state index >= 15 is 0 Å². The molecule has 0 fully saturated rings. The van der Waals surface area contributed by atoms with Gasteiger partial charge in [0.15, 0.2) is 0 Å². The summed E-state index contributed by atoms with van der Waals surface area (Å²) in [6.45, 7) is 5.05. The van der Waals surface area contributed by atoms with E-state index in [-0.39, 0.29) is 5.92 Å². The van der Waals surface area contributed by atoms with Crippen molar-refractivity contribution < 1.29 is 9.90 Å². The van der Waals surface area contributed by atoms with Crippen LogP contribution in [0.1, 0.15) is 26.0 Å². The van der Waals surface area contributed by atoms with E-state index in [4.69, 9.17) is 11.6 Å². The molecule has 1 aliphatic heterocycles. The van der Waals surface area contributed by atoms with Gasteiger partial charge >= 0.3 is 5.97 Å². The van der Waals surface area contributed by atoms with Crippen molar-refractivity contribution in [2.24, 2.45) is 11.3 Å². The molecule has 0 saturated carbocycles. The molecule has 0 spiro atoms. The predicted molar refractivity (Wildman–Crippen MR) is 79.6 cm³/mol. The van der Waals surface area contributed by atoms with E-state index in [1.54, 1.807) is 19.9 Å². The minimum Gasteiger partial charge on any atom is -0.481 e. The first kappa shape index (κ1) is 15.0. The Morgan fingerprint density at radius 2 is 2.30 bits per heavy atom. The fourth-order valence-electron chi connectivity index (χ4n) is 2.48. The lowest BCUT2D eigenvalue weighted by atomic mass is 9.78. The molecule has 0 unspecified atom stereocenters.